The van der Waals surface area contributed by atoms with Crippen LogP contribution >= 0.6 is 0 Å². The Kier molecular flexibility index (Phi) is 13.1. The van der Waals surface area contributed by atoms with Crippen molar-refractivity contribution in [1.82, 2.24) is 0 Å². The molecule has 0 aliphatic rings. The average Bonchev–Trinajstić information content (AvgIpc) is 2.79. The van der Waals surface area contributed by atoms with Crippen molar-refractivity contribution in [2.75, 3.05) is 5.73 Å². The first-order valence-electron chi connectivity index (χ1n) is 13.2. The highest BCUT2D eigenvalue weighted by molar-refractivity contribution is 5.40. The maximum atomic E-state index is 5.84. The minimum Gasteiger partial charge on any atom is -0.399 e. The van der Waals surface area contributed by atoms with Gasteiger partial charge in [0.1, 0.15) is 0 Å². The Labute approximate surface area is 192 Å². The predicted molar refractivity (Wildman–Crippen MR) is 139 cm³/mol. The second-order valence-corrected chi connectivity index (χ2v) is 9.40. The molecule has 0 radical (unpaired) electrons. The monoisotopic (exact) mass is 421 g/mol. The third-order valence-corrected chi connectivity index (χ3v) is 6.70. The van der Waals surface area contributed by atoms with E-state index in [1.165, 1.54) is 89.0 Å². The highest BCUT2D eigenvalue weighted by Gasteiger charge is 2.14. The second kappa shape index (κ2) is 16.0. The van der Waals surface area contributed by atoms with E-state index in [1.807, 2.05) is 12.1 Å². The summed E-state index contributed by atoms with van der Waals surface area (Å²) in [5.41, 5.74) is 11.2. The lowest BCUT2D eigenvalue weighted by Gasteiger charge is -2.20. The first-order valence-corrected chi connectivity index (χ1v) is 13.2. The number of hydrogen-bond acceptors (Lipinski definition) is 1. The third kappa shape index (κ3) is 10.4. The fourth-order valence-electron chi connectivity index (χ4n) is 4.81. The van der Waals surface area contributed by atoms with Gasteiger partial charge in [-0.05, 0) is 60.4 Å². The number of hydrogen-bond donors (Lipinski definition) is 1. The quantitative estimate of drug-likeness (QED) is 0.200. The van der Waals surface area contributed by atoms with Crippen molar-refractivity contribution in [2.45, 2.75) is 116 Å². The number of benzene rings is 2. The molecule has 2 aromatic rings. The maximum absolute atomic E-state index is 5.84. The van der Waals surface area contributed by atoms with Crippen LogP contribution in [0.2, 0.25) is 0 Å². The second-order valence-electron chi connectivity index (χ2n) is 9.40. The first-order chi connectivity index (χ1) is 15.2. The first kappa shape index (κ1) is 25.5. The molecule has 0 amide bonds. The normalized spacial score (nSPS) is 12.2. The van der Waals surface area contributed by atoms with Crippen LogP contribution in [0.3, 0.4) is 0 Å². The largest absolute Gasteiger partial charge is 0.399 e. The van der Waals surface area contributed by atoms with Crippen molar-refractivity contribution in [3.05, 3.63) is 65.2 Å². The van der Waals surface area contributed by atoms with Crippen LogP contribution in [0.5, 0.6) is 0 Å². The summed E-state index contributed by atoms with van der Waals surface area (Å²) in [5, 5.41) is 0. The molecule has 0 aliphatic heterocycles. The fourth-order valence-corrected chi connectivity index (χ4v) is 4.81. The van der Waals surface area contributed by atoms with Gasteiger partial charge in [0.25, 0.3) is 0 Å². The van der Waals surface area contributed by atoms with Gasteiger partial charge in [-0.1, -0.05) is 121 Å². The Morgan fingerprint density at radius 1 is 0.613 bits per heavy atom. The summed E-state index contributed by atoms with van der Waals surface area (Å²) in [5.74, 6) is 0.724. The molecule has 0 saturated carbocycles. The van der Waals surface area contributed by atoms with Gasteiger partial charge < -0.3 is 5.73 Å². The van der Waals surface area contributed by atoms with Crippen LogP contribution in [-0.2, 0) is 12.8 Å². The van der Waals surface area contributed by atoms with E-state index in [1.54, 1.807) is 11.1 Å². The van der Waals surface area contributed by atoms with Crippen LogP contribution in [0.15, 0.2) is 48.5 Å². The Morgan fingerprint density at radius 3 is 1.87 bits per heavy atom. The van der Waals surface area contributed by atoms with E-state index in [2.05, 4.69) is 50.2 Å². The molecule has 0 fully saturated rings. The molecule has 31 heavy (non-hydrogen) atoms. The van der Waals surface area contributed by atoms with E-state index >= 15 is 0 Å². The number of anilines is 1. The van der Waals surface area contributed by atoms with E-state index < -0.39 is 0 Å². The van der Waals surface area contributed by atoms with Crippen molar-refractivity contribution >= 4 is 5.69 Å². The topological polar surface area (TPSA) is 26.0 Å². The van der Waals surface area contributed by atoms with E-state index in [4.69, 9.17) is 5.73 Å². The van der Waals surface area contributed by atoms with Gasteiger partial charge in [0.2, 0.25) is 0 Å². The van der Waals surface area contributed by atoms with Gasteiger partial charge in [0, 0.05) is 5.69 Å². The number of aryl methyl sites for hydroxylation is 2. The molecule has 2 rings (SSSR count). The van der Waals surface area contributed by atoms with E-state index in [0.29, 0.717) is 0 Å². The average molecular weight is 422 g/mol. The van der Waals surface area contributed by atoms with Crippen molar-refractivity contribution in [2.24, 2.45) is 0 Å². The maximum Gasteiger partial charge on any atom is 0.0314 e. The molecular formula is C30H47N. The van der Waals surface area contributed by atoms with Gasteiger partial charge in [-0.15, -0.1) is 0 Å². The lowest BCUT2D eigenvalue weighted by atomic mass is 9.85. The fraction of sp³-hybridized carbons (Fsp3) is 0.600. The molecule has 1 nitrogen and oxygen atoms in total. The Balaban J connectivity index is 1.77. The SMILES string of the molecule is CCCCCCCCCCCCC(CCC)c1ccccc1CCc1ccc(N)cc1. The molecule has 0 aromatic heterocycles. The van der Waals surface area contributed by atoms with Crippen LogP contribution in [0, 0.1) is 0 Å². The zero-order valence-corrected chi connectivity index (χ0v) is 20.4. The van der Waals surface area contributed by atoms with Crippen molar-refractivity contribution in [1.29, 1.82) is 0 Å². The summed E-state index contributed by atoms with van der Waals surface area (Å²) in [6.07, 6.45) is 20.3. The summed E-state index contributed by atoms with van der Waals surface area (Å²) >= 11 is 0. The molecule has 2 aromatic carbocycles. The van der Waals surface area contributed by atoms with Gasteiger partial charge >= 0.3 is 0 Å². The highest BCUT2D eigenvalue weighted by atomic mass is 14.5. The number of nitrogens with two attached hydrogens (primary N) is 1. The number of rotatable bonds is 17. The van der Waals surface area contributed by atoms with Gasteiger partial charge in [-0.25, -0.2) is 0 Å². The summed E-state index contributed by atoms with van der Waals surface area (Å²) in [4.78, 5) is 0. The highest BCUT2D eigenvalue weighted by Crippen LogP contribution is 2.31. The van der Waals surface area contributed by atoms with Crippen LogP contribution in [-0.4, -0.2) is 0 Å². The van der Waals surface area contributed by atoms with Gasteiger partial charge in [-0.3, -0.25) is 0 Å². The van der Waals surface area contributed by atoms with Crippen molar-refractivity contribution in [3.63, 3.8) is 0 Å². The molecule has 1 unspecified atom stereocenters. The standard InChI is InChI=1S/C30H47N/c1-3-5-6-7-8-9-10-11-12-13-17-27(16-4-2)30-19-15-14-18-28(30)23-20-26-21-24-29(31)25-22-26/h14-15,18-19,21-22,24-25,27H,3-13,16-17,20,23,31H2,1-2H3. The predicted octanol–water partition coefficient (Wildman–Crippen LogP) is 9.25. The summed E-state index contributed by atoms with van der Waals surface area (Å²) in [7, 11) is 0. The van der Waals surface area contributed by atoms with Crippen LogP contribution < -0.4 is 5.73 Å². The lowest BCUT2D eigenvalue weighted by Crippen LogP contribution is -2.05. The Hall–Kier alpha value is -1.76. The zero-order valence-electron chi connectivity index (χ0n) is 20.4. The molecule has 0 heterocycles. The molecule has 1 heteroatoms. The van der Waals surface area contributed by atoms with Gasteiger partial charge in [0.15, 0.2) is 0 Å². The van der Waals surface area contributed by atoms with Crippen molar-refractivity contribution < 1.29 is 0 Å². The van der Waals surface area contributed by atoms with Crippen molar-refractivity contribution in [3.8, 4) is 0 Å². The Morgan fingerprint density at radius 2 is 1.23 bits per heavy atom. The molecule has 1 atom stereocenters. The van der Waals surface area contributed by atoms with Crippen LogP contribution in [0.25, 0.3) is 0 Å². The molecule has 2 N–H and O–H groups in total. The third-order valence-electron chi connectivity index (χ3n) is 6.70. The minimum absolute atomic E-state index is 0.724. The lowest BCUT2D eigenvalue weighted by molar-refractivity contribution is 0.503. The molecule has 0 aliphatic carbocycles. The zero-order chi connectivity index (χ0) is 22.2. The van der Waals surface area contributed by atoms with E-state index in [9.17, 15) is 0 Å². The van der Waals surface area contributed by atoms with Crippen LogP contribution in [0.4, 0.5) is 5.69 Å². The Bertz CT molecular complexity index is 688. The number of unbranched alkanes of at least 4 members (excludes halogenated alkanes) is 9. The van der Waals surface area contributed by atoms with Gasteiger partial charge in [0.05, 0.1) is 0 Å². The molecular weight excluding hydrogens is 374 g/mol. The summed E-state index contributed by atoms with van der Waals surface area (Å²) in [6.45, 7) is 4.63. The minimum atomic E-state index is 0.724. The molecule has 0 spiro atoms. The molecule has 0 bridgehead atoms. The smallest absolute Gasteiger partial charge is 0.0314 e. The van der Waals surface area contributed by atoms with E-state index in [0.717, 1.165) is 24.4 Å². The molecule has 0 saturated heterocycles. The van der Waals surface area contributed by atoms with E-state index in [-0.39, 0.29) is 0 Å². The number of nitrogen functional groups attached to an aromatic ring is 1. The summed E-state index contributed by atoms with van der Waals surface area (Å²) in [6, 6.07) is 17.6. The molecule has 172 valence electrons. The summed E-state index contributed by atoms with van der Waals surface area (Å²) < 4.78 is 0. The van der Waals surface area contributed by atoms with Gasteiger partial charge in [-0.2, -0.15) is 0 Å². The van der Waals surface area contributed by atoms with Crippen LogP contribution in [0.1, 0.15) is 120 Å².